The van der Waals surface area contributed by atoms with E-state index >= 15 is 0 Å². The van der Waals surface area contributed by atoms with Crippen molar-refractivity contribution in [1.29, 1.82) is 0 Å². The summed E-state index contributed by atoms with van der Waals surface area (Å²) in [6.45, 7) is 8.70. The highest BCUT2D eigenvalue weighted by Gasteiger charge is 2.23. The van der Waals surface area contributed by atoms with E-state index in [0.29, 0.717) is 18.4 Å². The molecule has 154 valence electrons. The van der Waals surface area contributed by atoms with E-state index in [1.54, 1.807) is 7.11 Å². The number of nitrogens with zero attached hydrogens (tertiary/aromatic N) is 3. The fourth-order valence-electron chi connectivity index (χ4n) is 4.29. The number of anilines is 1. The van der Waals surface area contributed by atoms with Gasteiger partial charge in [0.25, 0.3) is 0 Å². The first kappa shape index (κ1) is 19.7. The van der Waals surface area contributed by atoms with Crippen LogP contribution >= 0.6 is 0 Å². The maximum atomic E-state index is 5.43. The number of fused-ring (bicyclic) bond motifs is 1. The lowest BCUT2D eigenvalue weighted by Crippen LogP contribution is -2.37. The lowest BCUT2D eigenvalue weighted by atomic mass is 9.93. The number of pyridine rings is 1. The van der Waals surface area contributed by atoms with Crippen LogP contribution < -0.4 is 10.1 Å². The van der Waals surface area contributed by atoms with Crippen LogP contribution in [0.15, 0.2) is 36.4 Å². The van der Waals surface area contributed by atoms with Crippen molar-refractivity contribution in [2.45, 2.75) is 39.2 Å². The Morgan fingerprint density at radius 1 is 1.24 bits per heavy atom. The van der Waals surface area contributed by atoms with Crippen LogP contribution in [0.3, 0.4) is 0 Å². The van der Waals surface area contributed by atoms with E-state index in [4.69, 9.17) is 9.72 Å². The number of aromatic nitrogens is 3. The highest BCUT2D eigenvalue weighted by molar-refractivity contribution is 5.87. The summed E-state index contributed by atoms with van der Waals surface area (Å²) in [5.41, 5.74) is 3.13. The normalized spacial score (nSPS) is 17.7. The molecule has 1 fully saturated rings. The Bertz CT molecular complexity index is 951. The van der Waals surface area contributed by atoms with Gasteiger partial charge in [-0.1, -0.05) is 32.0 Å². The molecule has 3 heterocycles. The second-order valence-electron chi connectivity index (χ2n) is 8.36. The summed E-state index contributed by atoms with van der Waals surface area (Å²) < 4.78 is 5.43. The largest absolute Gasteiger partial charge is 0.496 e. The molecule has 1 aliphatic heterocycles. The zero-order valence-corrected chi connectivity index (χ0v) is 17.6. The number of para-hydroxylation sites is 1. The van der Waals surface area contributed by atoms with Crippen molar-refractivity contribution in [2.75, 3.05) is 32.1 Å². The summed E-state index contributed by atoms with van der Waals surface area (Å²) in [5.74, 6) is 2.91. The molecule has 0 bridgehead atoms. The second kappa shape index (κ2) is 8.82. The van der Waals surface area contributed by atoms with Crippen molar-refractivity contribution in [2.24, 2.45) is 5.92 Å². The van der Waals surface area contributed by atoms with Gasteiger partial charge in [0.05, 0.1) is 12.5 Å². The van der Waals surface area contributed by atoms with Gasteiger partial charge in [0.2, 0.25) is 0 Å². The van der Waals surface area contributed by atoms with E-state index in [1.165, 1.54) is 31.6 Å². The van der Waals surface area contributed by atoms with Gasteiger partial charge in [0.15, 0.2) is 11.5 Å². The molecule has 0 saturated carbocycles. The first-order valence-corrected chi connectivity index (χ1v) is 10.6. The van der Waals surface area contributed by atoms with Crippen LogP contribution in [0.1, 0.15) is 43.9 Å². The topological polar surface area (TPSA) is 66.1 Å². The molecular formula is C23H31N5O. The van der Waals surface area contributed by atoms with Crippen LogP contribution in [0, 0.1) is 5.92 Å². The Morgan fingerprint density at radius 3 is 2.93 bits per heavy atom. The van der Waals surface area contributed by atoms with Gasteiger partial charge in [0.1, 0.15) is 5.75 Å². The Morgan fingerprint density at radius 2 is 2.10 bits per heavy atom. The SMILES string of the molecule is COc1ccccc1CNc1n[nH]c2nc([C@@H]3CCCN(CC(C)C)C3)ccc12. The summed E-state index contributed by atoms with van der Waals surface area (Å²) in [5, 5.41) is 12.0. The second-order valence-corrected chi connectivity index (χ2v) is 8.36. The number of piperidine rings is 1. The van der Waals surface area contributed by atoms with Gasteiger partial charge in [-0.2, -0.15) is 5.10 Å². The molecule has 6 heteroatoms. The molecule has 0 spiro atoms. The molecule has 29 heavy (non-hydrogen) atoms. The molecule has 2 aromatic heterocycles. The van der Waals surface area contributed by atoms with Crippen LogP contribution in [0.2, 0.25) is 0 Å². The Kier molecular flexibility index (Phi) is 6.00. The summed E-state index contributed by atoms with van der Waals surface area (Å²) >= 11 is 0. The third kappa shape index (κ3) is 4.53. The van der Waals surface area contributed by atoms with Crippen LogP contribution in [0.5, 0.6) is 5.75 Å². The predicted octanol–water partition coefficient (Wildman–Crippen LogP) is 4.41. The average molecular weight is 394 g/mol. The number of methoxy groups -OCH3 is 1. The molecule has 1 atom stereocenters. The smallest absolute Gasteiger partial charge is 0.157 e. The van der Waals surface area contributed by atoms with Crippen molar-refractivity contribution in [1.82, 2.24) is 20.1 Å². The van der Waals surface area contributed by atoms with Gasteiger partial charge in [-0.25, -0.2) is 4.98 Å². The van der Waals surface area contributed by atoms with Crippen LogP contribution in [-0.2, 0) is 6.54 Å². The number of rotatable bonds is 7. The Hall–Kier alpha value is -2.60. The summed E-state index contributed by atoms with van der Waals surface area (Å²) in [6, 6.07) is 12.3. The molecule has 0 radical (unpaired) electrons. The number of ether oxygens (including phenoxy) is 1. The number of benzene rings is 1. The van der Waals surface area contributed by atoms with Crippen LogP contribution in [-0.4, -0.2) is 46.8 Å². The first-order valence-electron chi connectivity index (χ1n) is 10.6. The fraction of sp³-hybridized carbons (Fsp3) is 0.478. The van der Waals surface area contributed by atoms with Crippen molar-refractivity contribution < 1.29 is 4.74 Å². The minimum absolute atomic E-state index is 0.500. The number of aromatic amines is 1. The van der Waals surface area contributed by atoms with Crippen molar-refractivity contribution in [3.05, 3.63) is 47.7 Å². The molecule has 6 nitrogen and oxygen atoms in total. The van der Waals surface area contributed by atoms with Crippen molar-refractivity contribution >= 4 is 16.9 Å². The van der Waals surface area contributed by atoms with E-state index in [2.05, 4.69) is 52.5 Å². The zero-order valence-electron chi connectivity index (χ0n) is 17.6. The van der Waals surface area contributed by atoms with E-state index < -0.39 is 0 Å². The molecule has 0 aliphatic carbocycles. The number of hydrogen-bond acceptors (Lipinski definition) is 5. The fourth-order valence-corrected chi connectivity index (χ4v) is 4.29. The Balaban J connectivity index is 1.47. The van der Waals surface area contributed by atoms with Gasteiger partial charge < -0.3 is 15.0 Å². The third-order valence-corrected chi connectivity index (χ3v) is 5.63. The number of hydrogen-bond donors (Lipinski definition) is 2. The molecule has 4 rings (SSSR count). The molecule has 1 aromatic carbocycles. The summed E-state index contributed by atoms with van der Waals surface area (Å²) in [6.07, 6.45) is 2.45. The minimum atomic E-state index is 0.500. The van der Waals surface area contributed by atoms with E-state index in [0.717, 1.165) is 34.7 Å². The Labute approximate surface area is 172 Å². The summed E-state index contributed by atoms with van der Waals surface area (Å²) in [4.78, 5) is 7.49. The number of nitrogens with one attached hydrogen (secondary N) is 2. The zero-order chi connectivity index (χ0) is 20.2. The molecule has 1 aliphatic rings. The van der Waals surface area contributed by atoms with E-state index in [1.807, 2.05) is 18.2 Å². The monoisotopic (exact) mass is 393 g/mol. The van der Waals surface area contributed by atoms with Gasteiger partial charge >= 0.3 is 0 Å². The maximum absolute atomic E-state index is 5.43. The highest BCUT2D eigenvalue weighted by Crippen LogP contribution is 2.29. The molecular weight excluding hydrogens is 362 g/mol. The van der Waals surface area contributed by atoms with E-state index in [-0.39, 0.29) is 0 Å². The molecule has 0 amide bonds. The lowest BCUT2D eigenvalue weighted by Gasteiger charge is -2.33. The van der Waals surface area contributed by atoms with Crippen LogP contribution in [0.4, 0.5) is 5.82 Å². The maximum Gasteiger partial charge on any atom is 0.157 e. The summed E-state index contributed by atoms with van der Waals surface area (Å²) in [7, 11) is 1.70. The molecule has 0 unspecified atom stereocenters. The first-order chi connectivity index (χ1) is 14.1. The molecule has 3 aromatic rings. The predicted molar refractivity (Wildman–Crippen MR) is 117 cm³/mol. The third-order valence-electron chi connectivity index (χ3n) is 5.63. The highest BCUT2D eigenvalue weighted by atomic mass is 16.5. The molecule has 2 N–H and O–H groups in total. The average Bonchev–Trinajstić information content (AvgIpc) is 3.14. The standard InChI is InChI=1S/C23H31N5O/c1-16(2)14-28-12-6-8-18(15-28)20-11-10-19-22(26-27-23(19)25-20)24-13-17-7-4-5-9-21(17)29-3/h4-5,7,9-11,16,18H,6,8,12-15H2,1-3H3,(H2,24,25,26,27)/t18-/m1/s1. The van der Waals surface area contributed by atoms with E-state index in [9.17, 15) is 0 Å². The number of likely N-dealkylation sites (tertiary alicyclic amines) is 1. The van der Waals surface area contributed by atoms with Gasteiger partial charge in [-0.15, -0.1) is 0 Å². The minimum Gasteiger partial charge on any atom is -0.496 e. The van der Waals surface area contributed by atoms with Crippen molar-refractivity contribution in [3.8, 4) is 5.75 Å². The van der Waals surface area contributed by atoms with Gasteiger partial charge in [-0.3, -0.25) is 5.10 Å². The number of H-pyrrole nitrogens is 1. The van der Waals surface area contributed by atoms with Crippen molar-refractivity contribution in [3.63, 3.8) is 0 Å². The van der Waals surface area contributed by atoms with Crippen LogP contribution in [0.25, 0.3) is 11.0 Å². The van der Waals surface area contributed by atoms with Gasteiger partial charge in [-0.05, 0) is 43.5 Å². The molecule has 1 saturated heterocycles. The quantitative estimate of drug-likeness (QED) is 0.622. The lowest BCUT2D eigenvalue weighted by molar-refractivity contribution is 0.186. The van der Waals surface area contributed by atoms with Gasteiger partial charge in [0, 0.05) is 36.8 Å².